The van der Waals surface area contributed by atoms with Gasteiger partial charge in [0.1, 0.15) is 0 Å². The fraction of sp³-hybridized carbons (Fsp3) is 0.389. The van der Waals surface area contributed by atoms with Crippen molar-refractivity contribution in [3.8, 4) is 0 Å². The van der Waals surface area contributed by atoms with Crippen LogP contribution in [0.4, 0.5) is 10.5 Å². The number of nitrogens with zero attached hydrogens (tertiary/aromatic N) is 2. The van der Waals surface area contributed by atoms with Crippen molar-refractivity contribution in [2.24, 2.45) is 0 Å². The van der Waals surface area contributed by atoms with Gasteiger partial charge in [0.15, 0.2) is 0 Å². The molecule has 1 aromatic carbocycles. The van der Waals surface area contributed by atoms with Gasteiger partial charge in [0.05, 0.1) is 5.69 Å². The Labute approximate surface area is 137 Å². The molecule has 0 bridgehead atoms. The normalized spacial score (nSPS) is 12.0. The van der Waals surface area contributed by atoms with Gasteiger partial charge < -0.3 is 10.6 Å². The molecule has 1 atom stereocenters. The van der Waals surface area contributed by atoms with E-state index in [4.69, 9.17) is 0 Å². The monoisotopic (exact) mass is 312 g/mol. The van der Waals surface area contributed by atoms with Crippen LogP contribution in [0.15, 0.2) is 36.8 Å². The van der Waals surface area contributed by atoms with E-state index < -0.39 is 0 Å². The van der Waals surface area contributed by atoms with Crippen molar-refractivity contribution < 1.29 is 4.79 Å². The molecule has 0 saturated carbocycles. The Balaban J connectivity index is 1.93. The average Bonchev–Trinajstić information content (AvgIpc) is 2.49. The molecule has 23 heavy (non-hydrogen) atoms. The van der Waals surface area contributed by atoms with Gasteiger partial charge in [0, 0.05) is 36.7 Å². The lowest BCUT2D eigenvalue weighted by atomic mass is 9.97. The Morgan fingerprint density at radius 2 is 2.00 bits per heavy atom. The minimum Gasteiger partial charge on any atom is -0.335 e. The first-order valence-electron chi connectivity index (χ1n) is 7.88. The van der Waals surface area contributed by atoms with Crippen LogP contribution in [-0.2, 0) is 6.42 Å². The van der Waals surface area contributed by atoms with E-state index in [-0.39, 0.29) is 12.1 Å². The molecule has 0 aliphatic rings. The molecule has 5 heteroatoms. The molecule has 0 fully saturated rings. The van der Waals surface area contributed by atoms with Gasteiger partial charge in [0.25, 0.3) is 0 Å². The maximum absolute atomic E-state index is 12.1. The molecule has 0 radical (unpaired) electrons. The highest BCUT2D eigenvalue weighted by Crippen LogP contribution is 2.22. The third kappa shape index (κ3) is 5.06. The van der Waals surface area contributed by atoms with E-state index in [1.54, 1.807) is 18.6 Å². The summed E-state index contributed by atoms with van der Waals surface area (Å²) in [4.78, 5) is 20.4. The standard InChI is InChI=1S/C18H24N4O/c1-12(2)17-10-15(6-5-13(17)3)22-18(23)21-14(4)9-16-11-19-7-8-20-16/h5-8,10-12,14H,9H2,1-4H3,(H2,21,22,23)/t14-/m0/s1. The van der Waals surface area contributed by atoms with Crippen molar-refractivity contribution in [2.45, 2.75) is 46.1 Å². The molecule has 2 N–H and O–H groups in total. The third-order valence-corrected chi connectivity index (χ3v) is 3.67. The predicted molar refractivity (Wildman–Crippen MR) is 92.6 cm³/mol. The van der Waals surface area contributed by atoms with Crippen LogP contribution in [0.3, 0.4) is 0 Å². The maximum atomic E-state index is 12.1. The van der Waals surface area contributed by atoms with Crippen LogP contribution in [0.5, 0.6) is 0 Å². The van der Waals surface area contributed by atoms with E-state index in [0.29, 0.717) is 12.3 Å². The molecule has 2 aromatic rings. The molecule has 0 aliphatic heterocycles. The summed E-state index contributed by atoms with van der Waals surface area (Å²) in [6.07, 6.45) is 5.65. The molecule has 5 nitrogen and oxygen atoms in total. The first kappa shape index (κ1) is 16.9. The fourth-order valence-corrected chi connectivity index (χ4v) is 2.53. The molecule has 122 valence electrons. The van der Waals surface area contributed by atoms with Crippen LogP contribution in [0.25, 0.3) is 0 Å². The second-order valence-electron chi connectivity index (χ2n) is 6.13. The minimum atomic E-state index is -0.208. The van der Waals surface area contributed by atoms with Crippen LogP contribution in [0, 0.1) is 6.92 Å². The number of urea groups is 1. The van der Waals surface area contributed by atoms with Crippen molar-refractivity contribution in [2.75, 3.05) is 5.32 Å². The Bertz CT molecular complexity index is 655. The molecule has 0 saturated heterocycles. The zero-order valence-corrected chi connectivity index (χ0v) is 14.1. The second-order valence-corrected chi connectivity index (χ2v) is 6.13. The Hall–Kier alpha value is -2.43. The lowest BCUT2D eigenvalue weighted by molar-refractivity contribution is 0.249. The van der Waals surface area contributed by atoms with Crippen molar-refractivity contribution >= 4 is 11.7 Å². The first-order valence-corrected chi connectivity index (χ1v) is 7.88. The van der Waals surface area contributed by atoms with Gasteiger partial charge in [-0.2, -0.15) is 0 Å². The number of hydrogen-bond donors (Lipinski definition) is 2. The lowest BCUT2D eigenvalue weighted by Crippen LogP contribution is -2.37. The van der Waals surface area contributed by atoms with Crippen LogP contribution in [0.1, 0.15) is 43.5 Å². The van der Waals surface area contributed by atoms with E-state index in [2.05, 4.69) is 41.4 Å². The molecular weight excluding hydrogens is 288 g/mol. The lowest BCUT2D eigenvalue weighted by Gasteiger charge is -2.16. The number of carbonyl (C=O) groups is 1. The molecular formula is C18H24N4O. The van der Waals surface area contributed by atoms with Crippen molar-refractivity contribution in [1.29, 1.82) is 0 Å². The Morgan fingerprint density at radius 1 is 1.22 bits per heavy atom. The van der Waals surface area contributed by atoms with Crippen molar-refractivity contribution in [1.82, 2.24) is 15.3 Å². The van der Waals surface area contributed by atoms with Gasteiger partial charge in [0.2, 0.25) is 0 Å². The molecule has 1 heterocycles. The van der Waals surface area contributed by atoms with Crippen molar-refractivity contribution in [3.63, 3.8) is 0 Å². The third-order valence-electron chi connectivity index (χ3n) is 3.67. The van der Waals surface area contributed by atoms with E-state index >= 15 is 0 Å². The topological polar surface area (TPSA) is 66.9 Å². The molecule has 1 aromatic heterocycles. The molecule has 0 aliphatic carbocycles. The number of nitrogens with one attached hydrogen (secondary N) is 2. The van der Waals surface area contributed by atoms with Crippen LogP contribution in [-0.4, -0.2) is 22.0 Å². The zero-order chi connectivity index (χ0) is 16.8. The quantitative estimate of drug-likeness (QED) is 0.885. The summed E-state index contributed by atoms with van der Waals surface area (Å²) >= 11 is 0. The second kappa shape index (κ2) is 7.72. The maximum Gasteiger partial charge on any atom is 0.319 e. The van der Waals surface area contributed by atoms with Gasteiger partial charge in [-0.3, -0.25) is 9.97 Å². The Morgan fingerprint density at radius 3 is 2.65 bits per heavy atom. The zero-order valence-electron chi connectivity index (χ0n) is 14.1. The van der Waals surface area contributed by atoms with Crippen LogP contribution in [0.2, 0.25) is 0 Å². The van der Waals surface area contributed by atoms with Crippen LogP contribution >= 0.6 is 0 Å². The molecule has 0 unspecified atom stereocenters. The Kier molecular flexibility index (Phi) is 5.68. The summed E-state index contributed by atoms with van der Waals surface area (Å²) in [7, 11) is 0. The van der Waals surface area contributed by atoms with Crippen molar-refractivity contribution in [3.05, 3.63) is 53.6 Å². The fourth-order valence-electron chi connectivity index (χ4n) is 2.53. The largest absolute Gasteiger partial charge is 0.335 e. The highest BCUT2D eigenvalue weighted by molar-refractivity contribution is 5.89. The number of hydrogen-bond acceptors (Lipinski definition) is 3. The molecule has 2 rings (SSSR count). The summed E-state index contributed by atoms with van der Waals surface area (Å²) in [6.45, 7) is 8.33. The molecule has 2 amide bonds. The predicted octanol–water partition coefficient (Wildman–Crippen LogP) is 3.66. The SMILES string of the molecule is Cc1ccc(NC(=O)N[C@@H](C)Cc2cnccn2)cc1C(C)C. The number of anilines is 1. The highest BCUT2D eigenvalue weighted by Gasteiger charge is 2.10. The number of benzene rings is 1. The summed E-state index contributed by atoms with van der Waals surface area (Å²) in [6, 6.07) is 5.76. The van der Waals surface area contributed by atoms with Crippen LogP contribution < -0.4 is 10.6 Å². The van der Waals surface area contributed by atoms with Gasteiger partial charge in [-0.05, 0) is 43.0 Å². The number of amides is 2. The minimum absolute atomic E-state index is 0.0262. The number of aromatic nitrogens is 2. The first-order chi connectivity index (χ1) is 11.0. The number of rotatable bonds is 5. The highest BCUT2D eigenvalue weighted by atomic mass is 16.2. The van der Waals surface area contributed by atoms with E-state index in [1.165, 1.54) is 11.1 Å². The average molecular weight is 312 g/mol. The summed E-state index contributed by atoms with van der Waals surface area (Å²) in [5.74, 6) is 0.426. The summed E-state index contributed by atoms with van der Waals surface area (Å²) in [5, 5.41) is 5.82. The smallest absolute Gasteiger partial charge is 0.319 e. The summed E-state index contributed by atoms with van der Waals surface area (Å²) < 4.78 is 0. The van der Waals surface area contributed by atoms with E-state index in [0.717, 1.165) is 11.4 Å². The van der Waals surface area contributed by atoms with E-state index in [1.807, 2.05) is 25.1 Å². The van der Waals surface area contributed by atoms with Gasteiger partial charge in [-0.25, -0.2) is 4.79 Å². The number of aryl methyl sites for hydroxylation is 1. The van der Waals surface area contributed by atoms with Gasteiger partial charge in [-0.15, -0.1) is 0 Å². The van der Waals surface area contributed by atoms with E-state index in [9.17, 15) is 4.79 Å². The summed E-state index contributed by atoms with van der Waals surface area (Å²) in [5.41, 5.74) is 4.15. The van der Waals surface area contributed by atoms with Gasteiger partial charge in [-0.1, -0.05) is 19.9 Å². The van der Waals surface area contributed by atoms with Gasteiger partial charge >= 0.3 is 6.03 Å². The number of carbonyl (C=O) groups excluding carboxylic acids is 1. The molecule has 0 spiro atoms.